The largest absolute Gasteiger partial charge is 0.496 e. The van der Waals surface area contributed by atoms with Gasteiger partial charge >= 0.3 is 0 Å². The molecule has 0 unspecified atom stereocenters. The van der Waals surface area contributed by atoms with Gasteiger partial charge in [-0.1, -0.05) is 18.2 Å². The Morgan fingerprint density at radius 1 is 1.19 bits per heavy atom. The van der Waals surface area contributed by atoms with Gasteiger partial charge in [0.2, 0.25) is 10.0 Å². The fourth-order valence-corrected chi connectivity index (χ4v) is 3.52. The molecule has 0 fully saturated rings. The number of carbonyl (C=O) groups excluding carboxylic acids is 1. The SMILES string of the molecule is COc1ccccc1[C@H](C)NC(=O)c1ccc(S(=O)(=O)NCCC#N)cc1. The van der Waals surface area contributed by atoms with E-state index in [0.29, 0.717) is 11.3 Å². The van der Waals surface area contributed by atoms with Gasteiger partial charge in [-0.2, -0.15) is 5.26 Å². The van der Waals surface area contributed by atoms with Crippen LogP contribution in [0.15, 0.2) is 53.4 Å². The summed E-state index contributed by atoms with van der Waals surface area (Å²) < 4.78 is 31.8. The highest BCUT2D eigenvalue weighted by atomic mass is 32.2. The Balaban J connectivity index is 2.08. The number of methoxy groups -OCH3 is 1. The molecule has 2 rings (SSSR count). The molecular weight excluding hydrogens is 366 g/mol. The van der Waals surface area contributed by atoms with Gasteiger partial charge in [0.1, 0.15) is 5.75 Å². The Morgan fingerprint density at radius 3 is 2.48 bits per heavy atom. The van der Waals surface area contributed by atoms with Gasteiger partial charge in [0.05, 0.1) is 24.1 Å². The van der Waals surface area contributed by atoms with Crippen LogP contribution in [0.25, 0.3) is 0 Å². The Kier molecular flexibility index (Phi) is 6.93. The molecule has 0 aromatic heterocycles. The minimum Gasteiger partial charge on any atom is -0.496 e. The quantitative estimate of drug-likeness (QED) is 0.676. The lowest BCUT2D eigenvalue weighted by Crippen LogP contribution is -2.27. The topological polar surface area (TPSA) is 108 Å². The first-order valence-corrected chi connectivity index (χ1v) is 9.78. The van der Waals surface area contributed by atoms with E-state index in [1.807, 2.05) is 37.3 Å². The highest BCUT2D eigenvalue weighted by Crippen LogP contribution is 2.24. The molecule has 27 heavy (non-hydrogen) atoms. The van der Waals surface area contributed by atoms with Crippen molar-refractivity contribution in [1.82, 2.24) is 10.0 Å². The summed E-state index contributed by atoms with van der Waals surface area (Å²) in [6.45, 7) is 1.88. The number of nitriles is 1. The van der Waals surface area contributed by atoms with Crippen molar-refractivity contribution in [3.63, 3.8) is 0 Å². The molecule has 0 aliphatic heterocycles. The van der Waals surface area contributed by atoms with Gasteiger partial charge in [0, 0.05) is 24.1 Å². The summed E-state index contributed by atoms with van der Waals surface area (Å²) in [5.74, 6) is 0.352. The fourth-order valence-electron chi connectivity index (χ4n) is 2.49. The van der Waals surface area contributed by atoms with Crippen LogP contribution in [0.4, 0.5) is 0 Å². The molecule has 1 amide bonds. The summed E-state index contributed by atoms with van der Waals surface area (Å²) in [5.41, 5.74) is 1.18. The van der Waals surface area contributed by atoms with E-state index >= 15 is 0 Å². The Morgan fingerprint density at radius 2 is 1.85 bits per heavy atom. The van der Waals surface area contributed by atoms with Crippen molar-refractivity contribution in [1.29, 1.82) is 5.26 Å². The smallest absolute Gasteiger partial charge is 0.251 e. The maximum atomic E-state index is 12.4. The highest BCUT2D eigenvalue weighted by molar-refractivity contribution is 7.89. The van der Waals surface area contributed by atoms with Crippen molar-refractivity contribution in [2.24, 2.45) is 0 Å². The molecule has 0 heterocycles. The number of sulfonamides is 1. The Labute approximate surface area is 159 Å². The van der Waals surface area contributed by atoms with E-state index in [1.165, 1.54) is 24.3 Å². The van der Waals surface area contributed by atoms with Gasteiger partial charge in [-0.05, 0) is 37.3 Å². The highest BCUT2D eigenvalue weighted by Gasteiger charge is 2.17. The first kappa shape index (κ1) is 20.4. The van der Waals surface area contributed by atoms with E-state index in [0.717, 1.165) is 5.56 Å². The second-order valence-electron chi connectivity index (χ2n) is 5.77. The van der Waals surface area contributed by atoms with Crippen LogP contribution in [0.2, 0.25) is 0 Å². The van der Waals surface area contributed by atoms with Crippen LogP contribution >= 0.6 is 0 Å². The summed E-state index contributed by atoms with van der Waals surface area (Å²) in [5, 5.41) is 11.3. The minimum atomic E-state index is -3.70. The molecule has 1 atom stereocenters. The third kappa shape index (κ3) is 5.29. The number of nitrogens with zero attached hydrogens (tertiary/aromatic N) is 1. The zero-order valence-corrected chi connectivity index (χ0v) is 15.9. The molecule has 142 valence electrons. The van der Waals surface area contributed by atoms with Crippen molar-refractivity contribution in [2.75, 3.05) is 13.7 Å². The van der Waals surface area contributed by atoms with Crippen LogP contribution < -0.4 is 14.8 Å². The van der Waals surface area contributed by atoms with Crippen molar-refractivity contribution in [3.05, 3.63) is 59.7 Å². The number of ether oxygens (including phenoxy) is 1. The summed E-state index contributed by atoms with van der Waals surface area (Å²) in [6.07, 6.45) is 0.0839. The minimum absolute atomic E-state index is 0.0368. The van der Waals surface area contributed by atoms with Crippen molar-refractivity contribution < 1.29 is 17.9 Å². The van der Waals surface area contributed by atoms with E-state index in [-0.39, 0.29) is 29.8 Å². The predicted octanol–water partition coefficient (Wildman–Crippen LogP) is 2.38. The van der Waals surface area contributed by atoms with Crippen LogP contribution in [-0.4, -0.2) is 28.0 Å². The average Bonchev–Trinajstić information content (AvgIpc) is 2.68. The maximum absolute atomic E-state index is 12.4. The number of carbonyl (C=O) groups is 1. The van der Waals surface area contributed by atoms with E-state index in [4.69, 9.17) is 10.00 Å². The van der Waals surface area contributed by atoms with Crippen molar-refractivity contribution >= 4 is 15.9 Å². The van der Waals surface area contributed by atoms with Crippen molar-refractivity contribution in [3.8, 4) is 11.8 Å². The third-order valence-corrected chi connectivity index (χ3v) is 5.39. The maximum Gasteiger partial charge on any atom is 0.251 e. The standard InChI is InChI=1S/C19H21N3O4S/c1-14(17-6-3-4-7-18(17)26-2)22-19(23)15-8-10-16(11-9-15)27(24,25)21-13-5-12-20/h3-4,6-11,14,21H,5,13H2,1-2H3,(H,22,23)/t14-/m0/s1. The number of hydrogen-bond donors (Lipinski definition) is 2. The molecule has 8 heteroatoms. The molecular formula is C19H21N3O4S. The van der Waals surface area contributed by atoms with Crippen LogP contribution in [0, 0.1) is 11.3 Å². The second kappa shape index (κ2) is 9.16. The Bertz CT molecular complexity index is 934. The zero-order chi connectivity index (χ0) is 19.9. The average molecular weight is 387 g/mol. The van der Waals surface area contributed by atoms with Crippen LogP contribution in [0.5, 0.6) is 5.75 Å². The number of para-hydroxylation sites is 1. The number of benzene rings is 2. The number of rotatable bonds is 8. The zero-order valence-electron chi connectivity index (χ0n) is 15.1. The lowest BCUT2D eigenvalue weighted by molar-refractivity contribution is 0.0939. The number of hydrogen-bond acceptors (Lipinski definition) is 5. The molecule has 7 nitrogen and oxygen atoms in total. The molecule has 0 saturated carbocycles. The fraction of sp³-hybridized carbons (Fsp3) is 0.263. The van der Waals surface area contributed by atoms with Gasteiger partial charge in [-0.15, -0.1) is 0 Å². The monoisotopic (exact) mass is 387 g/mol. The lowest BCUT2D eigenvalue weighted by Gasteiger charge is -2.17. The van der Waals surface area contributed by atoms with Crippen LogP contribution in [-0.2, 0) is 10.0 Å². The molecule has 0 aliphatic carbocycles. The van der Waals surface area contributed by atoms with E-state index in [1.54, 1.807) is 7.11 Å². The van der Waals surface area contributed by atoms with Gasteiger partial charge in [-0.25, -0.2) is 13.1 Å². The first-order valence-electron chi connectivity index (χ1n) is 8.29. The summed E-state index contributed by atoms with van der Waals surface area (Å²) in [7, 11) is -2.13. The molecule has 0 aliphatic rings. The summed E-state index contributed by atoms with van der Waals surface area (Å²) >= 11 is 0. The molecule has 2 aromatic rings. The number of amides is 1. The van der Waals surface area contributed by atoms with Gasteiger partial charge in [0.15, 0.2) is 0 Å². The summed E-state index contributed by atoms with van der Waals surface area (Å²) in [6, 6.07) is 14.6. The van der Waals surface area contributed by atoms with E-state index in [2.05, 4.69) is 10.0 Å². The van der Waals surface area contributed by atoms with E-state index in [9.17, 15) is 13.2 Å². The summed E-state index contributed by atoms with van der Waals surface area (Å²) in [4.78, 5) is 12.5. The van der Waals surface area contributed by atoms with Gasteiger partial charge < -0.3 is 10.1 Å². The Hall–Kier alpha value is -2.89. The normalized spacial score (nSPS) is 12.0. The molecule has 2 aromatic carbocycles. The van der Waals surface area contributed by atoms with Gasteiger partial charge in [-0.3, -0.25) is 4.79 Å². The molecule has 0 bridgehead atoms. The number of nitrogens with one attached hydrogen (secondary N) is 2. The molecule has 0 saturated heterocycles. The molecule has 0 radical (unpaired) electrons. The van der Waals surface area contributed by atoms with Crippen molar-refractivity contribution in [2.45, 2.75) is 24.3 Å². The third-order valence-electron chi connectivity index (χ3n) is 3.91. The van der Waals surface area contributed by atoms with Crippen LogP contribution in [0.1, 0.15) is 35.3 Å². The van der Waals surface area contributed by atoms with Gasteiger partial charge in [0.25, 0.3) is 5.91 Å². The molecule has 0 spiro atoms. The second-order valence-corrected chi connectivity index (χ2v) is 7.53. The molecule has 2 N–H and O–H groups in total. The predicted molar refractivity (Wildman–Crippen MR) is 101 cm³/mol. The van der Waals surface area contributed by atoms with E-state index < -0.39 is 10.0 Å². The lowest BCUT2D eigenvalue weighted by atomic mass is 10.1. The first-order chi connectivity index (χ1) is 12.9. The van der Waals surface area contributed by atoms with Crippen LogP contribution in [0.3, 0.4) is 0 Å².